The summed E-state index contributed by atoms with van der Waals surface area (Å²) in [6, 6.07) is 15.1. The summed E-state index contributed by atoms with van der Waals surface area (Å²) in [6.45, 7) is 0. The third kappa shape index (κ3) is 4.18. The molecular weight excluding hydrogens is 347 g/mol. The van der Waals surface area contributed by atoms with Crippen molar-refractivity contribution >= 4 is 35.8 Å². The maximum atomic E-state index is 8.93. The second-order valence-electron chi connectivity index (χ2n) is 5.12. The van der Waals surface area contributed by atoms with E-state index < -0.39 is 0 Å². The topological polar surface area (TPSA) is 87.7 Å². The molecule has 0 amide bonds. The van der Waals surface area contributed by atoms with Crippen LogP contribution in [0.1, 0.15) is 23.0 Å². The lowest BCUT2D eigenvalue weighted by atomic mass is 10.1. The van der Waals surface area contributed by atoms with Crippen molar-refractivity contribution in [1.82, 2.24) is 9.97 Å². The molecule has 0 radical (unpaired) electrons. The van der Waals surface area contributed by atoms with Gasteiger partial charge in [-0.2, -0.15) is 5.26 Å². The molecule has 1 aromatic heterocycles. The minimum Gasteiger partial charge on any atom is -0.497 e. The number of aromatic amines is 1. The molecule has 0 bridgehead atoms. The monoisotopic (exact) mass is 364 g/mol. The molecular formula is C17H18Cl2N4O. The van der Waals surface area contributed by atoms with Gasteiger partial charge in [0.1, 0.15) is 11.6 Å². The summed E-state index contributed by atoms with van der Waals surface area (Å²) in [5.74, 6) is 1.55. The molecule has 0 saturated heterocycles. The number of hydrogen-bond donors (Lipinski definition) is 2. The summed E-state index contributed by atoms with van der Waals surface area (Å²) in [7, 11) is 1.64. The lowest BCUT2D eigenvalue weighted by Gasteiger charge is -2.09. The van der Waals surface area contributed by atoms with Gasteiger partial charge in [-0.15, -0.1) is 24.8 Å². The Bertz CT molecular complexity index is 840. The molecule has 0 spiro atoms. The van der Waals surface area contributed by atoms with Crippen molar-refractivity contribution in [2.24, 2.45) is 5.73 Å². The van der Waals surface area contributed by atoms with E-state index in [1.165, 1.54) is 0 Å². The molecule has 1 unspecified atom stereocenters. The van der Waals surface area contributed by atoms with Crippen molar-refractivity contribution in [2.45, 2.75) is 12.5 Å². The highest BCUT2D eigenvalue weighted by molar-refractivity contribution is 5.85. The fourth-order valence-corrected chi connectivity index (χ4v) is 2.39. The van der Waals surface area contributed by atoms with E-state index in [9.17, 15) is 0 Å². The van der Waals surface area contributed by atoms with Gasteiger partial charge in [0.2, 0.25) is 0 Å². The number of ether oxygens (including phenoxy) is 1. The molecule has 126 valence electrons. The summed E-state index contributed by atoms with van der Waals surface area (Å²) in [6.07, 6.45) is 0.676. The summed E-state index contributed by atoms with van der Waals surface area (Å²) in [5, 5.41) is 8.93. The first-order valence-electron chi connectivity index (χ1n) is 6.98. The van der Waals surface area contributed by atoms with Crippen LogP contribution in [0.4, 0.5) is 0 Å². The first-order chi connectivity index (χ1) is 10.7. The number of aromatic nitrogens is 2. The maximum Gasteiger partial charge on any atom is 0.124 e. The summed E-state index contributed by atoms with van der Waals surface area (Å²) < 4.78 is 5.14. The van der Waals surface area contributed by atoms with Gasteiger partial charge in [-0.25, -0.2) is 4.98 Å². The SMILES string of the molecule is COc1ccc(CC(N)c2nc3ccc(C#N)cc3[nH]2)cc1.Cl.Cl. The smallest absolute Gasteiger partial charge is 0.124 e. The van der Waals surface area contributed by atoms with Gasteiger partial charge in [0.15, 0.2) is 0 Å². The van der Waals surface area contributed by atoms with E-state index in [0.29, 0.717) is 12.0 Å². The Labute approximate surface area is 152 Å². The Hall–Kier alpha value is -2.26. The van der Waals surface area contributed by atoms with Crippen LogP contribution in [0.15, 0.2) is 42.5 Å². The summed E-state index contributed by atoms with van der Waals surface area (Å²) in [4.78, 5) is 7.70. The van der Waals surface area contributed by atoms with Gasteiger partial charge in [0.25, 0.3) is 0 Å². The van der Waals surface area contributed by atoms with Gasteiger partial charge in [-0.3, -0.25) is 0 Å². The number of fused-ring (bicyclic) bond motifs is 1. The zero-order valence-corrected chi connectivity index (χ0v) is 14.7. The molecule has 1 atom stereocenters. The van der Waals surface area contributed by atoms with Crippen molar-refractivity contribution in [1.29, 1.82) is 5.26 Å². The quantitative estimate of drug-likeness (QED) is 0.740. The van der Waals surface area contributed by atoms with Gasteiger partial charge in [0.05, 0.1) is 35.8 Å². The Morgan fingerprint density at radius 1 is 1.21 bits per heavy atom. The lowest BCUT2D eigenvalue weighted by molar-refractivity contribution is 0.414. The number of nitrogens with one attached hydrogen (secondary N) is 1. The minimum absolute atomic E-state index is 0. The Morgan fingerprint density at radius 2 is 1.92 bits per heavy atom. The van der Waals surface area contributed by atoms with Crippen molar-refractivity contribution in [3.8, 4) is 11.8 Å². The highest BCUT2D eigenvalue weighted by Gasteiger charge is 2.12. The predicted octanol–water partition coefficient (Wildman–Crippen LogP) is 3.53. The van der Waals surface area contributed by atoms with E-state index in [1.54, 1.807) is 19.2 Å². The van der Waals surface area contributed by atoms with Crippen molar-refractivity contribution in [3.05, 3.63) is 59.4 Å². The molecule has 1 heterocycles. The number of rotatable bonds is 4. The van der Waals surface area contributed by atoms with Crippen LogP contribution in [-0.4, -0.2) is 17.1 Å². The fourth-order valence-electron chi connectivity index (χ4n) is 2.39. The molecule has 3 N–H and O–H groups in total. The Morgan fingerprint density at radius 3 is 2.54 bits per heavy atom. The molecule has 3 rings (SSSR count). The number of nitrogens with two attached hydrogens (primary N) is 1. The van der Waals surface area contributed by atoms with E-state index in [1.807, 2.05) is 30.3 Å². The third-order valence-electron chi connectivity index (χ3n) is 3.60. The van der Waals surface area contributed by atoms with E-state index in [0.717, 1.165) is 28.2 Å². The average molecular weight is 365 g/mol. The Kier molecular flexibility index (Phi) is 7.05. The van der Waals surface area contributed by atoms with Gasteiger partial charge in [-0.05, 0) is 42.3 Å². The first-order valence-corrected chi connectivity index (χ1v) is 6.98. The van der Waals surface area contributed by atoms with Crippen molar-refractivity contribution in [2.75, 3.05) is 7.11 Å². The van der Waals surface area contributed by atoms with Crippen LogP contribution in [0, 0.1) is 11.3 Å². The molecule has 0 aliphatic carbocycles. The van der Waals surface area contributed by atoms with Crippen LogP contribution in [-0.2, 0) is 6.42 Å². The van der Waals surface area contributed by atoms with Crippen LogP contribution in [0.3, 0.4) is 0 Å². The van der Waals surface area contributed by atoms with Crippen LogP contribution in [0.25, 0.3) is 11.0 Å². The summed E-state index contributed by atoms with van der Waals surface area (Å²) >= 11 is 0. The standard InChI is InChI=1S/C17H16N4O.2ClH/c1-22-13-5-2-11(3-6-13)8-14(19)17-20-15-7-4-12(10-18)9-16(15)21-17;;/h2-7,9,14H,8,19H2,1H3,(H,20,21);2*1H. The lowest BCUT2D eigenvalue weighted by Crippen LogP contribution is -2.14. The molecule has 0 aliphatic heterocycles. The first kappa shape index (κ1) is 19.8. The molecule has 0 aliphatic rings. The van der Waals surface area contributed by atoms with Gasteiger partial charge in [0, 0.05) is 0 Å². The number of benzene rings is 2. The van der Waals surface area contributed by atoms with E-state index in [2.05, 4.69) is 16.0 Å². The molecule has 2 aromatic carbocycles. The van der Waals surface area contributed by atoms with E-state index >= 15 is 0 Å². The Balaban J connectivity index is 0.00000144. The van der Waals surface area contributed by atoms with Gasteiger partial charge >= 0.3 is 0 Å². The van der Waals surface area contributed by atoms with Crippen LogP contribution >= 0.6 is 24.8 Å². The maximum absolute atomic E-state index is 8.93. The van der Waals surface area contributed by atoms with Gasteiger partial charge < -0.3 is 15.5 Å². The third-order valence-corrected chi connectivity index (χ3v) is 3.60. The number of H-pyrrole nitrogens is 1. The van der Waals surface area contributed by atoms with E-state index in [-0.39, 0.29) is 30.9 Å². The number of hydrogen-bond acceptors (Lipinski definition) is 4. The highest BCUT2D eigenvalue weighted by Crippen LogP contribution is 2.20. The molecule has 0 fully saturated rings. The molecule has 0 saturated carbocycles. The van der Waals surface area contributed by atoms with Crippen LogP contribution < -0.4 is 10.5 Å². The van der Waals surface area contributed by atoms with Crippen LogP contribution in [0.5, 0.6) is 5.75 Å². The largest absolute Gasteiger partial charge is 0.497 e. The minimum atomic E-state index is -0.230. The molecule has 3 aromatic rings. The summed E-state index contributed by atoms with van der Waals surface area (Å²) in [5.41, 5.74) is 9.61. The predicted molar refractivity (Wildman–Crippen MR) is 98.9 cm³/mol. The fraction of sp³-hybridized carbons (Fsp3) is 0.176. The second-order valence-corrected chi connectivity index (χ2v) is 5.12. The number of methoxy groups -OCH3 is 1. The zero-order chi connectivity index (χ0) is 15.5. The molecule has 7 heteroatoms. The molecule has 24 heavy (non-hydrogen) atoms. The number of imidazole rings is 1. The van der Waals surface area contributed by atoms with E-state index in [4.69, 9.17) is 15.7 Å². The van der Waals surface area contributed by atoms with Gasteiger partial charge in [-0.1, -0.05) is 12.1 Å². The average Bonchev–Trinajstić information content (AvgIpc) is 2.98. The number of halogens is 2. The number of nitrogens with zero attached hydrogens (tertiary/aromatic N) is 2. The zero-order valence-electron chi connectivity index (χ0n) is 13.0. The van der Waals surface area contributed by atoms with Crippen molar-refractivity contribution in [3.63, 3.8) is 0 Å². The second kappa shape index (κ2) is 8.55. The highest BCUT2D eigenvalue weighted by atomic mass is 35.5. The molecule has 5 nitrogen and oxygen atoms in total. The van der Waals surface area contributed by atoms with Crippen LogP contribution in [0.2, 0.25) is 0 Å². The normalized spacial score (nSPS) is 11.0. The van der Waals surface area contributed by atoms with Crippen molar-refractivity contribution < 1.29 is 4.74 Å². The number of nitriles is 1.